The van der Waals surface area contributed by atoms with E-state index in [9.17, 15) is 4.39 Å². The van der Waals surface area contributed by atoms with E-state index in [4.69, 9.17) is 0 Å². The summed E-state index contributed by atoms with van der Waals surface area (Å²) in [7, 11) is 0. The maximum Gasteiger partial charge on any atom is 0.123 e. The minimum atomic E-state index is -0.155. The zero-order chi connectivity index (χ0) is 11.7. The first-order valence-electron chi connectivity index (χ1n) is 5.84. The van der Waals surface area contributed by atoms with E-state index < -0.39 is 0 Å². The maximum absolute atomic E-state index is 13.1. The molecule has 1 aliphatic rings. The monoisotopic (exact) mass is 222 g/mol. The number of nitrogens with zero attached hydrogens (tertiary/aromatic N) is 1. The van der Waals surface area contributed by atoms with Crippen LogP contribution in [0.25, 0.3) is 0 Å². The molecule has 2 atom stereocenters. The van der Waals surface area contributed by atoms with Crippen LogP contribution in [0.1, 0.15) is 19.4 Å². The largest absolute Gasteiger partial charge is 0.366 e. The van der Waals surface area contributed by atoms with E-state index in [-0.39, 0.29) is 5.82 Å². The lowest BCUT2D eigenvalue weighted by atomic mass is 10.1. The van der Waals surface area contributed by atoms with Crippen LogP contribution in [0.15, 0.2) is 18.2 Å². The maximum atomic E-state index is 13.1. The van der Waals surface area contributed by atoms with Crippen molar-refractivity contribution >= 4 is 5.69 Å². The molecule has 0 radical (unpaired) electrons. The number of aryl methyl sites for hydroxylation is 1. The third-order valence-corrected chi connectivity index (χ3v) is 3.23. The lowest BCUT2D eigenvalue weighted by Gasteiger charge is -2.40. The Bertz CT molecular complexity index is 378. The van der Waals surface area contributed by atoms with Gasteiger partial charge in [0.15, 0.2) is 0 Å². The molecule has 0 bridgehead atoms. The Morgan fingerprint density at radius 3 is 2.81 bits per heavy atom. The van der Waals surface area contributed by atoms with Crippen molar-refractivity contribution in [2.75, 3.05) is 18.0 Å². The fraction of sp³-hybridized carbons (Fsp3) is 0.538. The molecule has 1 aromatic carbocycles. The first-order valence-corrected chi connectivity index (χ1v) is 5.84. The summed E-state index contributed by atoms with van der Waals surface area (Å²) in [6.07, 6.45) is 0. The number of halogens is 1. The predicted octanol–water partition coefficient (Wildman–Crippen LogP) is 2.32. The molecule has 1 aliphatic heterocycles. The number of anilines is 1. The molecule has 0 aliphatic carbocycles. The Kier molecular flexibility index (Phi) is 3.15. The molecule has 1 heterocycles. The van der Waals surface area contributed by atoms with Gasteiger partial charge < -0.3 is 10.2 Å². The third-order valence-electron chi connectivity index (χ3n) is 3.23. The van der Waals surface area contributed by atoms with Gasteiger partial charge in [0.2, 0.25) is 0 Å². The average Bonchev–Trinajstić information content (AvgIpc) is 2.22. The molecular formula is C13H19FN2. The Hall–Kier alpha value is -1.09. The van der Waals surface area contributed by atoms with Crippen molar-refractivity contribution in [3.63, 3.8) is 0 Å². The van der Waals surface area contributed by atoms with Gasteiger partial charge in [-0.05, 0) is 44.5 Å². The second kappa shape index (κ2) is 4.42. The lowest BCUT2D eigenvalue weighted by molar-refractivity contribution is 0.424. The van der Waals surface area contributed by atoms with Crippen LogP contribution >= 0.6 is 0 Å². The molecule has 16 heavy (non-hydrogen) atoms. The van der Waals surface area contributed by atoms with E-state index in [0.717, 1.165) is 24.3 Å². The number of nitrogens with one attached hydrogen (secondary N) is 1. The fourth-order valence-corrected chi connectivity index (χ4v) is 2.30. The standard InChI is InChI=1S/C13H19FN2/c1-9-6-12(14)4-5-13(9)16-8-10(2)15-7-11(16)3/h4-6,10-11,15H,7-8H2,1-3H3. The van der Waals surface area contributed by atoms with Crippen LogP contribution in [0.2, 0.25) is 0 Å². The van der Waals surface area contributed by atoms with E-state index in [0.29, 0.717) is 12.1 Å². The molecular weight excluding hydrogens is 203 g/mol. The lowest BCUT2D eigenvalue weighted by Crippen LogP contribution is -2.54. The van der Waals surface area contributed by atoms with E-state index in [1.165, 1.54) is 0 Å². The molecule has 3 heteroatoms. The van der Waals surface area contributed by atoms with Gasteiger partial charge in [0.05, 0.1) is 0 Å². The van der Waals surface area contributed by atoms with Crippen molar-refractivity contribution in [1.29, 1.82) is 0 Å². The van der Waals surface area contributed by atoms with Crippen LogP contribution in [0.5, 0.6) is 0 Å². The van der Waals surface area contributed by atoms with Crippen LogP contribution < -0.4 is 10.2 Å². The van der Waals surface area contributed by atoms with Gasteiger partial charge in [-0.1, -0.05) is 0 Å². The molecule has 2 unspecified atom stereocenters. The van der Waals surface area contributed by atoms with Crippen molar-refractivity contribution in [2.45, 2.75) is 32.9 Å². The van der Waals surface area contributed by atoms with Gasteiger partial charge in [-0.15, -0.1) is 0 Å². The Balaban J connectivity index is 2.28. The zero-order valence-electron chi connectivity index (χ0n) is 10.1. The molecule has 0 aromatic heterocycles. The van der Waals surface area contributed by atoms with Crippen molar-refractivity contribution in [2.24, 2.45) is 0 Å². The third kappa shape index (κ3) is 2.19. The highest BCUT2D eigenvalue weighted by Crippen LogP contribution is 2.24. The number of hydrogen-bond acceptors (Lipinski definition) is 2. The van der Waals surface area contributed by atoms with Crippen LogP contribution in [0.3, 0.4) is 0 Å². The number of benzene rings is 1. The smallest absolute Gasteiger partial charge is 0.123 e. The molecule has 1 fully saturated rings. The van der Waals surface area contributed by atoms with Gasteiger partial charge in [-0.3, -0.25) is 0 Å². The molecule has 0 amide bonds. The average molecular weight is 222 g/mol. The number of piperazine rings is 1. The normalized spacial score (nSPS) is 25.9. The van der Waals surface area contributed by atoms with Gasteiger partial charge in [0, 0.05) is 30.9 Å². The highest BCUT2D eigenvalue weighted by atomic mass is 19.1. The van der Waals surface area contributed by atoms with Crippen molar-refractivity contribution in [3.8, 4) is 0 Å². The minimum Gasteiger partial charge on any atom is -0.366 e. The summed E-state index contributed by atoms with van der Waals surface area (Å²) < 4.78 is 13.1. The fourth-order valence-electron chi connectivity index (χ4n) is 2.30. The summed E-state index contributed by atoms with van der Waals surface area (Å²) in [5.41, 5.74) is 2.17. The van der Waals surface area contributed by atoms with Crippen LogP contribution in [0.4, 0.5) is 10.1 Å². The second-order valence-corrected chi connectivity index (χ2v) is 4.74. The summed E-state index contributed by atoms with van der Waals surface area (Å²) in [5, 5.41) is 3.45. The molecule has 1 aromatic rings. The highest BCUT2D eigenvalue weighted by Gasteiger charge is 2.23. The Morgan fingerprint density at radius 2 is 2.12 bits per heavy atom. The summed E-state index contributed by atoms with van der Waals surface area (Å²) in [5.74, 6) is -0.155. The molecule has 0 spiro atoms. The topological polar surface area (TPSA) is 15.3 Å². The molecule has 0 saturated carbocycles. The summed E-state index contributed by atoms with van der Waals surface area (Å²) >= 11 is 0. The SMILES string of the molecule is Cc1cc(F)ccc1N1CC(C)NCC1C. The number of hydrogen-bond donors (Lipinski definition) is 1. The van der Waals surface area contributed by atoms with Crippen LogP contribution in [-0.2, 0) is 0 Å². The Morgan fingerprint density at radius 1 is 1.38 bits per heavy atom. The van der Waals surface area contributed by atoms with Gasteiger partial charge in [0.25, 0.3) is 0 Å². The van der Waals surface area contributed by atoms with Gasteiger partial charge >= 0.3 is 0 Å². The molecule has 88 valence electrons. The predicted molar refractivity (Wildman–Crippen MR) is 65.4 cm³/mol. The van der Waals surface area contributed by atoms with E-state index in [1.807, 2.05) is 13.0 Å². The van der Waals surface area contributed by atoms with Crippen LogP contribution in [0, 0.1) is 12.7 Å². The summed E-state index contributed by atoms with van der Waals surface area (Å²) in [4.78, 5) is 2.36. The van der Waals surface area contributed by atoms with Crippen molar-refractivity contribution < 1.29 is 4.39 Å². The van der Waals surface area contributed by atoms with Gasteiger partial charge in [-0.25, -0.2) is 4.39 Å². The first kappa shape index (κ1) is 11.4. The molecule has 2 rings (SSSR count). The minimum absolute atomic E-state index is 0.155. The van der Waals surface area contributed by atoms with Gasteiger partial charge in [-0.2, -0.15) is 0 Å². The molecule has 1 saturated heterocycles. The van der Waals surface area contributed by atoms with Gasteiger partial charge in [0.1, 0.15) is 5.82 Å². The molecule has 2 nitrogen and oxygen atoms in total. The van der Waals surface area contributed by atoms with E-state index >= 15 is 0 Å². The highest BCUT2D eigenvalue weighted by molar-refractivity contribution is 5.54. The summed E-state index contributed by atoms with van der Waals surface area (Å²) in [6.45, 7) is 8.31. The van der Waals surface area contributed by atoms with Crippen molar-refractivity contribution in [3.05, 3.63) is 29.6 Å². The molecule has 1 N–H and O–H groups in total. The van der Waals surface area contributed by atoms with Crippen molar-refractivity contribution in [1.82, 2.24) is 5.32 Å². The van der Waals surface area contributed by atoms with E-state index in [2.05, 4.69) is 24.1 Å². The second-order valence-electron chi connectivity index (χ2n) is 4.74. The van der Waals surface area contributed by atoms with Crippen LogP contribution in [-0.4, -0.2) is 25.2 Å². The zero-order valence-corrected chi connectivity index (χ0v) is 10.1. The summed E-state index contributed by atoms with van der Waals surface area (Å²) in [6, 6.07) is 5.98. The number of rotatable bonds is 1. The Labute approximate surface area is 96.5 Å². The quantitative estimate of drug-likeness (QED) is 0.784. The first-order chi connectivity index (χ1) is 7.58. The van der Waals surface area contributed by atoms with E-state index in [1.54, 1.807) is 12.1 Å².